The SMILES string of the molecule is Cc1nc2c(N)cc(Cl)cc2[nH]1. The summed E-state index contributed by atoms with van der Waals surface area (Å²) in [5.74, 6) is 0.846. The van der Waals surface area contributed by atoms with E-state index in [4.69, 9.17) is 17.3 Å². The summed E-state index contributed by atoms with van der Waals surface area (Å²) < 4.78 is 0. The third kappa shape index (κ3) is 1.02. The molecule has 0 atom stereocenters. The molecule has 3 nitrogen and oxygen atoms in total. The minimum Gasteiger partial charge on any atom is -0.397 e. The van der Waals surface area contributed by atoms with Crippen molar-refractivity contribution in [1.82, 2.24) is 9.97 Å². The summed E-state index contributed by atoms with van der Waals surface area (Å²) in [7, 11) is 0. The van der Waals surface area contributed by atoms with Crippen LogP contribution < -0.4 is 5.73 Å². The van der Waals surface area contributed by atoms with Gasteiger partial charge >= 0.3 is 0 Å². The number of nitrogens with one attached hydrogen (secondary N) is 1. The molecule has 12 heavy (non-hydrogen) atoms. The molecule has 0 unspecified atom stereocenters. The minimum absolute atomic E-state index is 0.613. The standard InChI is InChI=1S/C8H8ClN3/c1-4-11-7-3-5(9)2-6(10)8(7)12-4/h2-3H,10H2,1H3,(H,11,12). The average Bonchev–Trinajstić information content (AvgIpc) is 2.29. The van der Waals surface area contributed by atoms with Crippen molar-refractivity contribution < 1.29 is 0 Å². The number of nitrogens with zero attached hydrogens (tertiary/aromatic N) is 1. The number of aryl methyl sites for hydroxylation is 1. The van der Waals surface area contributed by atoms with Crippen molar-refractivity contribution in [2.24, 2.45) is 0 Å². The summed E-state index contributed by atoms with van der Waals surface area (Å²) in [6, 6.07) is 3.51. The first-order valence-electron chi connectivity index (χ1n) is 3.58. The summed E-state index contributed by atoms with van der Waals surface area (Å²) in [4.78, 5) is 7.28. The second-order valence-electron chi connectivity index (χ2n) is 2.71. The van der Waals surface area contributed by atoms with Crippen LogP contribution in [0.15, 0.2) is 12.1 Å². The first-order valence-corrected chi connectivity index (χ1v) is 3.96. The van der Waals surface area contributed by atoms with Gasteiger partial charge in [-0.1, -0.05) is 11.6 Å². The topological polar surface area (TPSA) is 54.7 Å². The van der Waals surface area contributed by atoms with E-state index in [1.54, 1.807) is 6.07 Å². The van der Waals surface area contributed by atoms with Crippen molar-refractivity contribution in [3.05, 3.63) is 23.0 Å². The summed E-state index contributed by atoms with van der Waals surface area (Å²) >= 11 is 5.81. The molecule has 0 aliphatic heterocycles. The fourth-order valence-corrected chi connectivity index (χ4v) is 1.46. The Hall–Kier alpha value is -1.22. The molecular weight excluding hydrogens is 174 g/mol. The predicted molar refractivity (Wildman–Crippen MR) is 50.3 cm³/mol. The van der Waals surface area contributed by atoms with Gasteiger partial charge in [-0.25, -0.2) is 4.98 Å². The van der Waals surface area contributed by atoms with E-state index in [0.717, 1.165) is 16.9 Å². The number of imidazole rings is 1. The Morgan fingerprint density at radius 2 is 2.25 bits per heavy atom. The van der Waals surface area contributed by atoms with Crippen LogP contribution in [0.3, 0.4) is 0 Å². The number of aromatic amines is 1. The van der Waals surface area contributed by atoms with Crippen molar-refractivity contribution >= 4 is 28.3 Å². The van der Waals surface area contributed by atoms with E-state index >= 15 is 0 Å². The van der Waals surface area contributed by atoms with Gasteiger partial charge in [0.15, 0.2) is 0 Å². The first-order chi connectivity index (χ1) is 5.66. The van der Waals surface area contributed by atoms with E-state index in [2.05, 4.69) is 9.97 Å². The Morgan fingerprint density at radius 3 is 3.00 bits per heavy atom. The Morgan fingerprint density at radius 1 is 1.50 bits per heavy atom. The summed E-state index contributed by atoms with van der Waals surface area (Å²) in [6.07, 6.45) is 0. The normalized spacial score (nSPS) is 10.8. The van der Waals surface area contributed by atoms with E-state index in [1.165, 1.54) is 0 Å². The van der Waals surface area contributed by atoms with Gasteiger partial charge in [0.25, 0.3) is 0 Å². The predicted octanol–water partition coefficient (Wildman–Crippen LogP) is 2.11. The van der Waals surface area contributed by atoms with Crippen molar-refractivity contribution in [2.75, 3.05) is 5.73 Å². The number of fused-ring (bicyclic) bond motifs is 1. The molecule has 0 amide bonds. The number of anilines is 1. The van der Waals surface area contributed by atoms with Crippen LogP contribution in [0.4, 0.5) is 5.69 Å². The van der Waals surface area contributed by atoms with Gasteiger partial charge in [0.2, 0.25) is 0 Å². The zero-order chi connectivity index (χ0) is 8.72. The number of hydrogen-bond acceptors (Lipinski definition) is 2. The molecular formula is C8H8ClN3. The van der Waals surface area contributed by atoms with E-state index in [0.29, 0.717) is 10.7 Å². The van der Waals surface area contributed by atoms with Gasteiger partial charge < -0.3 is 10.7 Å². The molecule has 1 heterocycles. The van der Waals surface area contributed by atoms with Crippen molar-refractivity contribution in [3.63, 3.8) is 0 Å². The molecule has 1 aromatic heterocycles. The monoisotopic (exact) mass is 181 g/mol. The van der Waals surface area contributed by atoms with Crippen LogP contribution in [0.5, 0.6) is 0 Å². The number of nitrogens with two attached hydrogens (primary N) is 1. The molecule has 0 radical (unpaired) electrons. The van der Waals surface area contributed by atoms with Gasteiger partial charge in [0, 0.05) is 5.02 Å². The van der Waals surface area contributed by atoms with Gasteiger partial charge in [0.1, 0.15) is 11.3 Å². The first kappa shape index (κ1) is 7.43. The Labute approximate surface area is 74.5 Å². The van der Waals surface area contributed by atoms with E-state index in [1.807, 2.05) is 13.0 Å². The highest BCUT2D eigenvalue weighted by atomic mass is 35.5. The zero-order valence-corrected chi connectivity index (χ0v) is 7.31. The number of hydrogen-bond donors (Lipinski definition) is 2. The molecule has 0 bridgehead atoms. The molecule has 0 saturated heterocycles. The second kappa shape index (κ2) is 2.38. The number of nitrogen functional groups attached to an aromatic ring is 1. The number of rotatable bonds is 0. The maximum atomic E-state index is 5.81. The lowest BCUT2D eigenvalue weighted by atomic mass is 10.3. The fourth-order valence-electron chi connectivity index (χ4n) is 1.23. The number of benzene rings is 1. The highest BCUT2D eigenvalue weighted by Gasteiger charge is 2.03. The van der Waals surface area contributed by atoms with E-state index < -0.39 is 0 Å². The summed E-state index contributed by atoms with van der Waals surface area (Å²) in [5, 5.41) is 0.628. The minimum atomic E-state index is 0.613. The van der Waals surface area contributed by atoms with Gasteiger partial charge in [-0.2, -0.15) is 0 Å². The largest absolute Gasteiger partial charge is 0.397 e. The van der Waals surface area contributed by atoms with Gasteiger partial charge in [-0.3, -0.25) is 0 Å². The van der Waals surface area contributed by atoms with E-state index in [9.17, 15) is 0 Å². The van der Waals surface area contributed by atoms with Gasteiger partial charge in [-0.05, 0) is 19.1 Å². The summed E-state index contributed by atoms with van der Waals surface area (Å²) in [6.45, 7) is 1.88. The molecule has 2 rings (SSSR count). The molecule has 0 aliphatic rings. The number of aromatic nitrogens is 2. The van der Waals surface area contributed by atoms with Crippen molar-refractivity contribution in [3.8, 4) is 0 Å². The number of H-pyrrole nitrogens is 1. The fraction of sp³-hybridized carbons (Fsp3) is 0.125. The van der Waals surface area contributed by atoms with Gasteiger partial charge in [0.05, 0.1) is 11.2 Å². The summed E-state index contributed by atoms with van der Waals surface area (Å²) in [5.41, 5.74) is 7.99. The van der Waals surface area contributed by atoms with Crippen LogP contribution in [0.25, 0.3) is 11.0 Å². The van der Waals surface area contributed by atoms with Crippen LogP contribution in [-0.4, -0.2) is 9.97 Å². The maximum Gasteiger partial charge on any atom is 0.112 e. The molecule has 3 N–H and O–H groups in total. The second-order valence-corrected chi connectivity index (χ2v) is 3.15. The lowest BCUT2D eigenvalue weighted by Gasteiger charge is -1.94. The molecule has 62 valence electrons. The molecule has 0 saturated carbocycles. The Balaban J connectivity index is 2.88. The average molecular weight is 182 g/mol. The number of halogens is 1. The molecule has 4 heteroatoms. The maximum absolute atomic E-state index is 5.81. The zero-order valence-electron chi connectivity index (χ0n) is 6.56. The van der Waals surface area contributed by atoms with Crippen LogP contribution in [0.1, 0.15) is 5.82 Å². The van der Waals surface area contributed by atoms with E-state index in [-0.39, 0.29) is 0 Å². The molecule has 0 aliphatic carbocycles. The van der Waals surface area contributed by atoms with Crippen molar-refractivity contribution in [2.45, 2.75) is 6.92 Å². The lowest BCUT2D eigenvalue weighted by molar-refractivity contribution is 1.17. The third-order valence-electron chi connectivity index (χ3n) is 1.70. The molecule has 2 aromatic rings. The van der Waals surface area contributed by atoms with Crippen LogP contribution in [0, 0.1) is 6.92 Å². The lowest BCUT2D eigenvalue weighted by Crippen LogP contribution is -1.85. The highest BCUT2D eigenvalue weighted by Crippen LogP contribution is 2.23. The van der Waals surface area contributed by atoms with Crippen LogP contribution in [-0.2, 0) is 0 Å². The Kier molecular flexibility index (Phi) is 1.48. The van der Waals surface area contributed by atoms with Crippen LogP contribution >= 0.6 is 11.6 Å². The van der Waals surface area contributed by atoms with Crippen molar-refractivity contribution in [1.29, 1.82) is 0 Å². The highest BCUT2D eigenvalue weighted by molar-refractivity contribution is 6.31. The third-order valence-corrected chi connectivity index (χ3v) is 1.92. The molecule has 0 spiro atoms. The van der Waals surface area contributed by atoms with Crippen LogP contribution in [0.2, 0.25) is 5.02 Å². The smallest absolute Gasteiger partial charge is 0.112 e. The Bertz CT molecular complexity index is 433. The molecule has 1 aromatic carbocycles. The molecule has 0 fully saturated rings. The van der Waals surface area contributed by atoms with Gasteiger partial charge in [-0.15, -0.1) is 0 Å². The quantitative estimate of drug-likeness (QED) is 0.612.